The van der Waals surface area contributed by atoms with Crippen LogP contribution in [-0.4, -0.2) is 25.2 Å². The van der Waals surface area contributed by atoms with Crippen molar-refractivity contribution in [2.24, 2.45) is 0 Å². The van der Waals surface area contributed by atoms with E-state index in [0.29, 0.717) is 28.3 Å². The molecule has 0 radical (unpaired) electrons. The van der Waals surface area contributed by atoms with Gasteiger partial charge < -0.3 is 9.88 Å². The lowest BCUT2D eigenvalue weighted by atomic mass is 10.2. The Labute approximate surface area is 161 Å². The normalized spacial score (nSPS) is 10.4. The van der Waals surface area contributed by atoms with E-state index in [0.717, 1.165) is 5.69 Å². The van der Waals surface area contributed by atoms with E-state index >= 15 is 0 Å². The third-order valence-corrected chi connectivity index (χ3v) is 4.22. The third kappa shape index (κ3) is 3.27. The number of amides is 1. The molecule has 0 saturated carbocycles. The molecule has 28 heavy (non-hydrogen) atoms. The van der Waals surface area contributed by atoms with Crippen molar-refractivity contribution in [1.29, 1.82) is 5.26 Å². The fraction of sp³-hybridized carbons (Fsp3) is 0.0476. The Bertz CT molecular complexity index is 1180. The number of anilines is 1. The number of rotatable bonds is 4. The van der Waals surface area contributed by atoms with Crippen LogP contribution in [0.15, 0.2) is 73.3 Å². The van der Waals surface area contributed by atoms with Gasteiger partial charge in [-0.2, -0.15) is 10.4 Å². The molecule has 4 aromatic rings. The molecule has 0 aliphatic carbocycles. The summed E-state index contributed by atoms with van der Waals surface area (Å²) in [7, 11) is 0. The zero-order chi connectivity index (χ0) is 19.5. The number of benzene rings is 2. The molecule has 7 nitrogen and oxygen atoms in total. The standard InChI is InChI=1S/C21H16N6O/c1-15-11-20(27(25-15)17-6-4-5-16(12-17)13-22)21(28)24-18-7-2-3-8-19(18)26-10-9-23-14-26/h2-12,14H,1H3,(H,24,28). The first-order chi connectivity index (χ1) is 13.7. The molecule has 0 fully saturated rings. The molecule has 0 spiro atoms. The maximum absolute atomic E-state index is 13.0. The number of aromatic nitrogens is 4. The molecule has 4 rings (SSSR count). The summed E-state index contributed by atoms with van der Waals surface area (Å²) in [6.45, 7) is 1.82. The highest BCUT2D eigenvalue weighted by molar-refractivity contribution is 6.04. The zero-order valence-electron chi connectivity index (χ0n) is 15.1. The van der Waals surface area contributed by atoms with Crippen LogP contribution >= 0.6 is 0 Å². The predicted octanol–water partition coefficient (Wildman–Crippen LogP) is 3.49. The Morgan fingerprint density at radius 3 is 2.79 bits per heavy atom. The quantitative estimate of drug-likeness (QED) is 0.597. The summed E-state index contributed by atoms with van der Waals surface area (Å²) in [4.78, 5) is 17.1. The predicted molar refractivity (Wildman–Crippen MR) is 105 cm³/mol. The summed E-state index contributed by atoms with van der Waals surface area (Å²) in [5, 5.41) is 16.5. The minimum absolute atomic E-state index is 0.296. The summed E-state index contributed by atoms with van der Waals surface area (Å²) in [6.07, 6.45) is 5.17. The first-order valence-electron chi connectivity index (χ1n) is 8.61. The van der Waals surface area contributed by atoms with Gasteiger partial charge in [0.25, 0.3) is 5.91 Å². The van der Waals surface area contributed by atoms with E-state index in [1.54, 1.807) is 41.5 Å². The molecule has 2 aromatic heterocycles. The van der Waals surface area contributed by atoms with Gasteiger partial charge in [0.05, 0.1) is 40.7 Å². The average Bonchev–Trinajstić information content (AvgIpc) is 3.38. The van der Waals surface area contributed by atoms with Crippen molar-refractivity contribution in [2.75, 3.05) is 5.32 Å². The third-order valence-electron chi connectivity index (χ3n) is 4.22. The van der Waals surface area contributed by atoms with Crippen molar-refractivity contribution in [3.63, 3.8) is 0 Å². The second kappa shape index (κ2) is 7.21. The molecule has 1 N–H and O–H groups in total. The molecule has 7 heteroatoms. The average molecular weight is 368 g/mol. The van der Waals surface area contributed by atoms with Gasteiger partial charge in [0.15, 0.2) is 0 Å². The minimum Gasteiger partial charge on any atom is -0.319 e. The Balaban J connectivity index is 1.70. The number of carbonyl (C=O) groups is 1. The van der Waals surface area contributed by atoms with E-state index in [9.17, 15) is 4.79 Å². The van der Waals surface area contributed by atoms with Crippen LogP contribution in [0.3, 0.4) is 0 Å². The van der Waals surface area contributed by atoms with Crippen molar-refractivity contribution < 1.29 is 4.79 Å². The lowest BCUT2D eigenvalue weighted by Gasteiger charge is -2.12. The number of nitrogens with one attached hydrogen (secondary N) is 1. The molecule has 0 unspecified atom stereocenters. The van der Waals surface area contributed by atoms with Gasteiger partial charge in [0.2, 0.25) is 0 Å². The van der Waals surface area contributed by atoms with E-state index < -0.39 is 0 Å². The van der Waals surface area contributed by atoms with Gasteiger partial charge in [-0.3, -0.25) is 4.79 Å². The van der Waals surface area contributed by atoms with Crippen LogP contribution in [0.2, 0.25) is 0 Å². The monoisotopic (exact) mass is 368 g/mol. The topological polar surface area (TPSA) is 88.5 Å². The lowest BCUT2D eigenvalue weighted by Crippen LogP contribution is -2.18. The molecule has 0 atom stereocenters. The highest BCUT2D eigenvalue weighted by Gasteiger charge is 2.17. The Morgan fingerprint density at radius 1 is 1.14 bits per heavy atom. The number of hydrogen-bond acceptors (Lipinski definition) is 4. The minimum atomic E-state index is -0.296. The van der Waals surface area contributed by atoms with Crippen LogP contribution in [0.4, 0.5) is 5.69 Å². The molecule has 2 heterocycles. The van der Waals surface area contributed by atoms with Gasteiger partial charge in [0, 0.05) is 12.4 Å². The smallest absolute Gasteiger partial charge is 0.274 e. The van der Waals surface area contributed by atoms with Crippen molar-refractivity contribution in [1.82, 2.24) is 19.3 Å². The number of aryl methyl sites for hydroxylation is 1. The summed E-state index contributed by atoms with van der Waals surface area (Å²) in [5.74, 6) is -0.296. The van der Waals surface area contributed by atoms with E-state index in [-0.39, 0.29) is 5.91 Å². The molecule has 0 aliphatic rings. The number of carbonyl (C=O) groups excluding carboxylic acids is 1. The molecule has 2 aromatic carbocycles. The number of imidazole rings is 1. The molecule has 136 valence electrons. The van der Waals surface area contributed by atoms with E-state index in [2.05, 4.69) is 21.5 Å². The Morgan fingerprint density at radius 2 is 2.00 bits per heavy atom. The molecule has 0 bridgehead atoms. The largest absolute Gasteiger partial charge is 0.319 e. The first-order valence-corrected chi connectivity index (χ1v) is 8.61. The molecular weight excluding hydrogens is 352 g/mol. The number of hydrogen-bond donors (Lipinski definition) is 1. The fourth-order valence-electron chi connectivity index (χ4n) is 2.96. The van der Waals surface area contributed by atoms with Crippen LogP contribution in [0.25, 0.3) is 11.4 Å². The van der Waals surface area contributed by atoms with Gasteiger partial charge in [0.1, 0.15) is 5.69 Å². The number of para-hydroxylation sites is 2. The highest BCUT2D eigenvalue weighted by Crippen LogP contribution is 2.21. The van der Waals surface area contributed by atoms with Crippen molar-refractivity contribution >= 4 is 11.6 Å². The van der Waals surface area contributed by atoms with Crippen LogP contribution in [-0.2, 0) is 0 Å². The van der Waals surface area contributed by atoms with Crippen LogP contribution in [0.5, 0.6) is 0 Å². The Kier molecular flexibility index (Phi) is 4.44. The van der Waals surface area contributed by atoms with Gasteiger partial charge >= 0.3 is 0 Å². The summed E-state index contributed by atoms with van der Waals surface area (Å²) in [5.41, 5.74) is 3.70. The van der Waals surface area contributed by atoms with E-state index in [4.69, 9.17) is 5.26 Å². The van der Waals surface area contributed by atoms with E-state index in [1.807, 2.05) is 48.0 Å². The summed E-state index contributed by atoms with van der Waals surface area (Å²) < 4.78 is 3.37. The molecule has 0 aliphatic heterocycles. The molecule has 0 saturated heterocycles. The highest BCUT2D eigenvalue weighted by atomic mass is 16.2. The first kappa shape index (κ1) is 17.2. The maximum Gasteiger partial charge on any atom is 0.274 e. The second-order valence-electron chi connectivity index (χ2n) is 6.19. The molecule has 1 amide bonds. The zero-order valence-corrected chi connectivity index (χ0v) is 15.1. The second-order valence-corrected chi connectivity index (χ2v) is 6.19. The van der Waals surface area contributed by atoms with Crippen molar-refractivity contribution in [3.05, 3.63) is 90.3 Å². The van der Waals surface area contributed by atoms with Gasteiger partial charge in [-0.15, -0.1) is 0 Å². The Hall–Kier alpha value is -4.18. The summed E-state index contributed by atoms with van der Waals surface area (Å²) in [6, 6.07) is 18.3. The van der Waals surface area contributed by atoms with Crippen LogP contribution < -0.4 is 5.32 Å². The van der Waals surface area contributed by atoms with Gasteiger partial charge in [-0.1, -0.05) is 18.2 Å². The van der Waals surface area contributed by atoms with E-state index in [1.165, 1.54) is 0 Å². The van der Waals surface area contributed by atoms with Crippen molar-refractivity contribution in [2.45, 2.75) is 6.92 Å². The lowest BCUT2D eigenvalue weighted by molar-refractivity contribution is 0.101. The van der Waals surface area contributed by atoms with Gasteiger partial charge in [-0.25, -0.2) is 9.67 Å². The van der Waals surface area contributed by atoms with Crippen LogP contribution in [0.1, 0.15) is 21.7 Å². The number of nitrogens with zero attached hydrogens (tertiary/aromatic N) is 5. The summed E-state index contributed by atoms with van der Waals surface area (Å²) >= 11 is 0. The SMILES string of the molecule is Cc1cc(C(=O)Nc2ccccc2-n2ccnc2)n(-c2cccc(C#N)c2)n1. The van der Waals surface area contributed by atoms with Gasteiger partial charge in [-0.05, 0) is 43.3 Å². The van der Waals surface area contributed by atoms with Crippen LogP contribution in [0, 0.1) is 18.3 Å². The number of nitriles is 1. The molecular formula is C21H16N6O. The fourth-order valence-corrected chi connectivity index (χ4v) is 2.96. The van der Waals surface area contributed by atoms with Crippen molar-refractivity contribution in [3.8, 4) is 17.4 Å². The maximum atomic E-state index is 13.0.